The molecule has 1 saturated heterocycles. The molecule has 4 heteroatoms. The molecule has 0 bridgehead atoms. The van der Waals surface area contributed by atoms with Gasteiger partial charge in [-0.15, -0.1) is 0 Å². The third kappa shape index (κ3) is 2.87. The van der Waals surface area contributed by atoms with Crippen molar-refractivity contribution in [3.05, 3.63) is 0 Å². The Labute approximate surface area is 86.0 Å². The van der Waals surface area contributed by atoms with E-state index in [4.69, 9.17) is 5.73 Å². The van der Waals surface area contributed by atoms with Crippen molar-refractivity contribution >= 4 is 6.03 Å². The Kier molecular flexibility index (Phi) is 3.37. The van der Waals surface area contributed by atoms with Crippen molar-refractivity contribution in [2.45, 2.75) is 32.7 Å². The second kappa shape index (κ2) is 4.17. The summed E-state index contributed by atoms with van der Waals surface area (Å²) in [6.07, 6.45) is 1.05. The summed E-state index contributed by atoms with van der Waals surface area (Å²) in [5, 5.41) is 0. The number of rotatable bonds is 3. The van der Waals surface area contributed by atoms with Crippen LogP contribution in [0.3, 0.4) is 0 Å². The molecule has 1 rings (SSSR count). The summed E-state index contributed by atoms with van der Waals surface area (Å²) in [5.74, 6) is 0. The van der Waals surface area contributed by atoms with Crippen molar-refractivity contribution in [2.24, 2.45) is 5.73 Å². The van der Waals surface area contributed by atoms with Gasteiger partial charge in [0.1, 0.15) is 0 Å². The van der Waals surface area contributed by atoms with Crippen molar-refractivity contribution in [2.75, 3.05) is 26.2 Å². The number of hydrogen-bond acceptors (Lipinski definition) is 2. The zero-order valence-electron chi connectivity index (χ0n) is 9.42. The summed E-state index contributed by atoms with van der Waals surface area (Å²) in [5.41, 5.74) is 5.60. The smallest absolute Gasteiger partial charge is 0.320 e. The highest BCUT2D eigenvalue weighted by Gasteiger charge is 2.27. The fourth-order valence-electron chi connectivity index (χ4n) is 1.78. The monoisotopic (exact) mass is 199 g/mol. The number of carbonyl (C=O) groups is 1. The molecule has 0 aromatic rings. The van der Waals surface area contributed by atoms with E-state index < -0.39 is 0 Å². The van der Waals surface area contributed by atoms with Gasteiger partial charge in [-0.05, 0) is 27.2 Å². The van der Waals surface area contributed by atoms with E-state index in [1.807, 2.05) is 30.6 Å². The van der Waals surface area contributed by atoms with E-state index >= 15 is 0 Å². The first kappa shape index (κ1) is 11.3. The van der Waals surface area contributed by atoms with Crippen molar-refractivity contribution in [3.63, 3.8) is 0 Å². The second-order valence-electron chi connectivity index (χ2n) is 4.63. The van der Waals surface area contributed by atoms with Gasteiger partial charge in [-0.3, -0.25) is 0 Å². The Morgan fingerprint density at radius 1 is 1.36 bits per heavy atom. The number of amides is 2. The molecule has 1 aliphatic heterocycles. The second-order valence-corrected chi connectivity index (χ2v) is 4.63. The van der Waals surface area contributed by atoms with Gasteiger partial charge in [0.25, 0.3) is 0 Å². The molecular weight excluding hydrogens is 178 g/mol. The Bertz CT molecular complexity index is 210. The molecule has 0 radical (unpaired) electrons. The van der Waals surface area contributed by atoms with Crippen molar-refractivity contribution in [1.82, 2.24) is 9.80 Å². The lowest BCUT2D eigenvalue weighted by Gasteiger charge is -2.38. The maximum absolute atomic E-state index is 11.8. The summed E-state index contributed by atoms with van der Waals surface area (Å²) in [4.78, 5) is 15.6. The maximum atomic E-state index is 11.8. The number of nitrogens with two attached hydrogens (primary N) is 1. The van der Waals surface area contributed by atoms with Gasteiger partial charge in [0.2, 0.25) is 0 Å². The van der Waals surface area contributed by atoms with Crippen LogP contribution in [0, 0.1) is 0 Å². The van der Waals surface area contributed by atoms with Crippen LogP contribution in [0.15, 0.2) is 0 Å². The molecule has 82 valence electrons. The van der Waals surface area contributed by atoms with Gasteiger partial charge in [0.15, 0.2) is 0 Å². The van der Waals surface area contributed by atoms with Crippen LogP contribution in [0.1, 0.15) is 27.2 Å². The SMILES string of the molecule is CCN1CCCN(CC(C)(C)N)C1=O. The Balaban J connectivity index is 2.57. The van der Waals surface area contributed by atoms with Gasteiger partial charge < -0.3 is 15.5 Å². The van der Waals surface area contributed by atoms with Gasteiger partial charge in [-0.25, -0.2) is 4.79 Å². The lowest BCUT2D eigenvalue weighted by Crippen LogP contribution is -2.55. The first-order chi connectivity index (χ1) is 6.44. The third-order valence-corrected chi connectivity index (χ3v) is 2.38. The van der Waals surface area contributed by atoms with Crippen LogP contribution in [0.5, 0.6) is 0 Å². The highest BCUT2D eigenvalue weighted by molar-refractivity contribution is 5.75. The van der Waals surface area contributed by atoms with E-state index in [-0.39, 0.29) is 11.6 Å². The summed E-state index contributed by atoms with van der Waals surface area (Å²) in [6.45, 7) is 9.07. The van der Waals surface area contributed by atoms with Crippen LogP contribution in [0.4, 0.5) is 4.79 Å². The standard InChI is InChI=1S/C10H21N3O/c1-4-12-6-5-7-13(9(12)14)8-10(2,3)11/h4-8,11H2,1-3H3. The molecule has 0 saturated carbocycles. The van der Waals surface area contributed by atoms with Gasteiger partial charge >= 0.3 is 6.03 Å². The predicted octanol–water partition coefficient (Wildman–Crippen LogP) is 0.871. The lowest BCUT2D eigenvalue weighted by molar-refractivity contribution is 0.122. The molecular formula is C10H21N3O. The number of carbonyl (C=O) groups excluding carboxylic acids is 1. The summed E-state index contributed by atoms with van der Waals surface area (Å²) in [6, 6.07) is 0.136. The molecule has 0 aliphatic carbocycles. The minimum absolute atomic E-state index is 0.136. The van der Waals surface area contributed by atoms with E-state index in [9.17, 15) is 4.79 Å². The highest BCUT2D eigenvalue weighted by Crippen LogP contribution is 2.11. The van der Waals surface area contributed by atoms with Crippen LogP contribution in [0.25, 0.3) is 0 Å². The van der Waals surface area contributed by atoms with Crippen LogP contribution in [0.2, 0.25) is 0 Å². The topological polar surface area (TPSA) is 49.6 Å². The number of nitrogens with zero attached hydrogens (tertiary/aromatic N) is 2. The summed E-state index contributed by atoms with van der Waals surface area (Å²) >= 11 is 0. The molecule has 0 spiro atoms. The van der Waals surface area contributed by atoms with E-state index in [0.717, 1.165) is 26.1 Å². The minimum Gasteiger partial charge on any atom is -0.325 e. The average Bonchev–Trinajstić information content (AvgIpc) is 2.06. The van der Waals surface area contributed by atoms with Crippen LogP contribution in [-0.2, 0) is 0 Å². The zero-order chi connectivity index (χ0) is 10.8. The summed E-state index contributed by atoms with van der Waals surface area (Å²) < 4.78 is 0. The van der Waals surface area contributed by atoms with Crippen LogP contribution in [-0.4, -0.2) is 47.5 Å². The molecule has 0 unspecified atom stereocenters. The van der Waals surface area contributed by atoms with E-state index in [1.54, 1.807) is 0 Å². The van der Waals surface area contributed by atoms with E-state index in [1.165, 1.54) is 0 Å². The van der Waals surface area contributed by atoms with E-state index in [2.05, 4.69) is 0 Å². The van der Waals surface area contributed by atoms with Gasteiger partial charge in [-0.2, -0.15) is 0 Å². The van der Waals surface area contributed by atoms with Gasteiger partial charge in [0.05, 0.1) is 0 Å². The molecule has 1 fully saturated rings. The number of urea groups is 1. The first-order valence-electron chi connectivity index (χ1n) is 5.27. The van der Waals surface area contributed by atoms with Crippen molar-refractivity contribution in [1.29, 1.82) is 0 Å². The Hall–Kier alpha value is -0.770. The normalized spacial score (nSPS) is 19.0. The molecule has 2 N–H and O–H groups in total. The molecule has 0 atom stereocenters. The molecule has 14 heavy (non-hydrogen) atoms. The number of hydrogen-bond donors (Lipinski definition) is 1. The molecule has 4 nitrogen and oxygen atoms in total. The fourth-order valence-corrected chi connectivity index (χ4v) is 1.78. The minimum atomic E-state index is -0.299. The lowest BCUT2D eigenvalue weighted by atomic mass is 10.1. The quantitative estimate of drug-likeness (QED) is 0.733. The zero-order valence-corrected chi connectivity index (χ0v) is 9.42. The average molecular weight is 199 g/mol. The Morgan fingerprint density at radius 2 is 1.93 bits per heavy atom. The fraction of sp³-hybridized carbons (Fsp3) is 0.900. The highest BCUT2D eigenvalue weighted by atomic mass is 16.2. The van der Waals surface area contributed by atoms with Gasteiger partial charge in [-0.1, -0.05) is 0 Å². The maximum Gasteiger partial charge on any atom is 0.320 e. The molecule has 0 aromatic heterocycles. The van der Waals surface area contributed by atoms with Crippen LogP contribution >= 0.6 is 0 Å². The molecule has 0 aromatic carbocycles. The van der Waals surface area contributed by atoms with Crippen molar-refractivity contribution < 1.29 is 4.79 Å². The first-order valence-corrected chi connectivity index (χ1v) is 5.27. The van der Waals surface area contributed by atoms with Crippen molar-refractivity contribution in [3.8, 4) is 0 Å². The molecule has 1 heterocycles. The predicted molar refractivity (Wildman–Crippen MR) is 57.1 cm³/mol. The molecule has 1 aliphatic rings. The molecule has 2 amide bonds. The largest absolute Gasteiger partial charge is 0.325 e. The Morgan fingerprint density at radius 3 is 2.43 bits per heavy atom. The van der Waals surface area contributed by atoms with E-state index in [0.29, 0.717) is 6.54 Å². The third-order valence-electron chi connectivity index (χ3n) is 2.38. The van der Waals surface area contributed by atoms with Gasteiger partial charge in [0, 0.05) is 31.7 Å². The summed E-state index contributed by atoms with van der Waals surface area (Å²) in [7, 11) is 0. The van der Waals surface area contributed by atoms with Crippen LogP contribution < -0.4 is 5.73 Å².